The molecule has 2 heterocycles. The number of ether oxygens (including phenoxy) is 1. The third-order valence-electron chi connectivity index (χ3n) is 4.84. The van der Waals surface area contributed by atoms with Crippen LogP contribution >= 0.6 is 11.6 Å². The molecule has 0 aliphatic carbocycles. The molecule has 1 atom stereocenters. The van der Waals surface area contributed by atoms with Crippen molar-refractivity contribution < 1.29 is 15.0 Å². The van der Waals surface area contributed by atoms with Gasteiger partial charge in [0.1, 0.15) is 11.5 Å². The minimum atomic E-state index is -0.755. The number of rotatable bonds is 4. The van der Waals surface area contributed by atoms with E-state index in [-0.39, 0.29) is 17.5 Å². The van der Waals surface area contributed by atoms with Crippen LogP contribution in [0.15, 0.2) is 73.1 Å². The Morgan fingerprint density at radius 3 is 2.07 bits per heavy atom. The third kappa shape index (κ3) is 4.11. The van der Waals surface area contributed by atoms with Crippen LogP contribution in [0.1, 0.15) is 23.1 Å². The molecule has 0 spiro atoms. The van der Waals surface area contributed by atoms with Crippen LogP contribution in [0.2, 0.25) is 0 Å². The Balaban J connectivity index is 0.000000906. The molecule has 1 aliphatic rings. The van der Waals surface area contributed by atoms with Crippen molar-refractivity contribution in [2.45, 2.75) is 31.4 Å². The Bertz CT molecular complexity index is 842. The van der Waals surface area contributed by atoms with Crippen LogP contribution < -0.4 is 0 Å². The SMILES string of the molecule is CCl.Cc1cnn(CC2CC(c3ccccc3)(c3ccccc3)C(=O)O2)c1.O. The van der Waals surface area contributed by atoms with Gasteiger partial charge in [0.15, 0.2) is 0 Å². The van der Waals surface area contributed by atoms with Crippen molar-refractivity contribution in [1.82, 2.24) is 9.78 Å². The van der Waals surface area contributed by atoms with Crippen LogP contribution in [-0.2, 0) is 21.5 Å². The highest BCUT2D eigenvalue weighted by molar-refractivity contribution is 6.15. The van der Waals surface area contributed by atoms with Crippen molar-refractivity contribution in [1.29, 1.82) is 0 Å². The highest BCUT2D eigenvalue weighted by Gasteiger charge is 2.51. The molecule has 2 aromatic carbocycles. The average molecular weight is 401 g/mol. The molecule has 0 amide bonds. The summed E-state index contributed by atoms with van der Waals surface area (Å²) in [5.41, 5.74) is 2.30. The second kappa shape index (κ2) is 9.53. The lowest BCUT2D eigenvalue weighted by Crippen LogP contribution is -2.33. The van der Waals surface area contributed by atoms with E-state index in [0.717, 1.165) is 16.7 Å². The molecule has 1 saturated heterocycles. The molecule has 28 heavy (non-hydrogen) atoms. The lowest BCUT2D eigenvalue weighted by Gasteiger charge is -2.26. The Morgan fingerprint density at radius 2 is 1.61 bits per heavy atom. The minimum Gasteiger partial charge on any atom is -0.459 e. The van der Waals surface area contributed by atoms with Gasteiger partial charge in [-0.1, -0.05) is 60.7 Å². The molecule has 2 N–H and O–H groups in total. The first-order chi connectivity index (χ1) is 13.2. The molecule has 5 nitrogen and oxygen atoms in total. The first kappa shape index (κ1) is 21.7. The monoisotopic (exact) mass is 400 g/mol. The van der Waals surface area contributed by atoms with Crippen molar-refractivity contribution in [2.24, 2.45) is 0 Å². The lowest BCUT2D eigenvalue weighted by atomic mass is 9.72. The fourth-order valence-electron chi connectivity index (χ4n) is 3.68. The Hall–Kier alpha value is -2.63. The first-order valence-corrected chi connectivity index (χ1v) is 9.63. The van der Waals surface area contributed by atoms with E-state index < -0.39 is 5.41 Å². The van der Waals surface area contributed by atoms with Gasteiger partial charge in [0, 0.05) is 19.0 Å². The quantitative estimate of drug-likeness (QED) is 0.496. The van der Waals surface area contributed by atoms with Gasteiger partial charge in [0.2, 0.25) is 0 Å². The van der Waals surface area contributed by atoms with E-state index in [1.54, 1.807) is 0 Å². The molecular weight excluding hydrogens is 376 g/mol. The van der Waals surface area contributed by atoms with Crippen molar-refractivity contribution in [3.05, 3.63) is 89.7 Å². The van der Waals surface area contributed by atoms with Crippen LogP contribution in [0.4, 0.5) is 0 Å². The summed E-state index contributed by atoms with van der Waals surface area (Å²) < 4.78 is 7.65. The lowest BCUT2D eigenvalue weighted by molar-refractivity contribution is -0.145. The van der Waals surface area contributed by atoms with Gasteiger partial charge in [-0.3, -0.25) is 9.48 Å². The number of cyclic esters (lactones) is 1. The first-order valence-electron chi connectivity index (χ1n) is 8.87. The van der Waals surface area contributed by atoms with Crippen molar-refractivity contribution in [3.63, 3.8) is 0 Å². The molecule has 1 fully saturated rings. The minimum absolute atomic E-state index is 0. The topological polar surface area (TPSA) is 75.6 Å². The zero-order chi connectivity index (χ0) is 19.3. The summed E-state index contributed by atoms with van der Waals surface area (Å²) in [4.78, 5) is 13.1. The van der Waals surface area contributed by atoms with Crippen molar-refractivity contribution >= 4 is 17.6 Å². The molecule has 0 bridgehead atoms. The van der Waals surface area contributed by atoms with Gasteiger partial charge < -0.3 is 10.2 Å². The fraction of sp³-hybridized carbons (Fsp3) is 0.273. The molecular formula is C22H25ClN2O3. The smallest absolute Gasteiger partial charge is 0.321 e. The summed E-state index contributed by atoms with van der Waals surface area (Å²) in [5.74, 6) is -0.182. The van der Waals surface area contributed by atoms with Gasteiger partial charge in [-0.2, -0.15) is 5.10 Å². The predicted octanol–water partition coefficient (Wildman–Crippen LogP) is 3.52. The summed E-state index contributed by atoms with van der Waals surface area (Å²) in [6, 6.07) is 19.8. The van der Waals surface area contributed by atoms with E-state index in [1.165, 1.54) is 6.38 Å². The molecule has 4 rings (SSSR count). The van der Waals surface area contributed by atoms with Gasteiger partial charge in [-0.15, -0.1) is 11.6 Å². The zero-order valence-electron chi connectivity index (χ0n) is 16.0. The Labute approximate surface area is 170 Å². The summed E-state index contributed by atoms with van der Waals surface area (Å²) in [6.07, 6.45) is 5.67. The number of esters is 1. The van der Waals surface area contributed by atoms with Crippen molar-refractivity contribution in [2.75, 3.05) is 6.38 Å². The summed E-state index contributed by atoms with van der Waals surface area (Å²) in [7, 11) is 0. The van der Waals surface area contributed by atoms with E-state index in [0.29, 0.717) is 13.0 Å². The van der Waals surface area contributed by atoms with Gasteiger partial charge in [0.05, 0.1) is 12.7 Å². The number of benzene rings is 2. The van der Waals surface area contributed by atoms with E-state index in [4.69, 9.17) is 4.74 Å². The number of hydrogen-bond acceptors (Lipinski definition) is 3. The molecule has 0 radical (unpaired) electrons. The Kier molecular flexibility index (Phi) is 7.38. The van der Waals surface area contributed by atoms with Crippen LogP contribution in [0.5, 0.6) is 0 Å². The maximum Gasteiger partial charge on any atom is 0.321 e. The van der Waals surface area contributed by atoms with Crippen LogP contribution in [0, 0.1) is 6.92 Å². The van der Waals surface area contributed by atoms with E-state index >= 15 is 0 Å². The zero-order valence-corrected chi connectivity index (χ0v) is 16.8. The second-order valence-electron chi connectivity index (χ2n) is 6.61. The fourth-order valence-corrected chi connectivity index (χ4v) is 3.68. The molecule has 1 unspecified atom stereocenters. The summed E-state index contributed by atoms with van der Waals surface area (Å²) in [6.45, 7) is 2.57. The molecule has 6 heteroatoms. The summed E-state index contributed by atoms with van der Waals surface area (Å²) >= 11 is 4.64. The largest absolute Gasteiger partial charge is 0.459 e. The number of aryl methyl sites for hydroxylation is 1. The van der Waals surface area contributed by atoms with Crippen LogP contribution in [-0.4, -0.2) is 33.7 Å². The van der Waals surface area contributed by atoms with Crippen molar-refractivity contribution in [3.8, 4) is 0 Å². The third-order valence-corrected chi connectivity index (χ3v) is 4.84. The molecule has 3 aromatic rings. The van der Waals surface area contributed by atoms with E-state index in [9.17, 15) is 4.79 Å². The maximum absolute atomic E-state index is 13.1. The average Bonchev–Trinajstić information content (AvgIpc) is 3.28. The number of nitrogens with zero attached hydrogens (tertiary/aromatic N) is 2. The van der Waals surface area contributed by atoms with E-state index in [2.05, 4.69) is 16.7 Å². The van der Waals surface area contributed by atoms with Crippen LogP contribution in [0.3, 0.4) is 0 Å². The van der Waals surface area contributed by atoms with E-state index in [1.807, 2.05) is 84.7 Å². The number of aromatic nitrogens is 2. The predicted molar refractivity (Wildman–Crippen MR) is 111 cm³/mol. The highest BCUT2D eigenvalue weighted by atomic mass is 35.5. The number of carbonyl (C=O) groups is 1. The molecule has 1 aliphatic heterocycles. The number of carbonyl (C=O) groups excluding carboxylic acids is 1. The standard InChI is InChI=1S/C21H20N2O2.CH3Cl.H2O/c1-16-13-22-23(14-16)15-19-12-21(20(24)25-19,17-8-4-2-5-9-17)18-10-6-3-7-11-18;1-2;/h2-11,13-14,19H,12,15H2,1H3;1H3;1H2. The van der Waals surface area contributed by atoms with Gasteiger partial charge in [0.25, 0.3) is 0 Å². The molecule has 1 aromatic heterocycles. The number of halogens is 1. The van der Waals surface area contributed by atoms with Crippen LogP contribution in [0.25, 0.3) is 0 Å². The van der Waals surface area contributed by atoms with Gasteiger partial charge >= 0.3 is 5.97 Å². The number of alkyl halides is 1. The Morgan fingerprint density at radius 1 is 1.07 bits per heavy atom. The van der Waals surface area contributed by atoms with Gasteiger partial charge in [-0.25, -0.2) is 0 Å². The van der Waals surface area contributed by atoms with Gasteiger partial charge in [-0.05, 0) is 23.6 Å². The molecule has 0 saturated carbocycles. The highest BCUT2D eigenvalue weighted by Crippen LogP contribution is 2.43. The molecule has 148 valence electrons. The normalized spacial score (nSPS) is 17.1. The maximum atomic E-state index is 13.1. The summed E-state index contributed by atoms with van der Waals surface area (Å²) in [5, 5.41) is 4.32. The number of hydrogen-bond donors (Lipinski definition) is 0. The second-order valence-corrected chi connectivity index (χ2v) is 6.61.